The summed E-state index contributed by atoms with van der Waals surface area (Å²) in [6.07, 6.45) is 5.85. The number of fused-ring (bicyclic) bond motifs is 1. The Morgan fingerprint density at radius 3 is 2.59 bits per heavy atom. The second-order valence-electron chi connectivity index (χ2n) is 5.84. The Morgan fingerprint density at radius 1 is 1.14 bits per heavy atom. The van der Waals surface area contributed by atoms with E-state index in [9.17, 15) is 4.79 Å². The van der Waals surface area contributed by atoms with Crippen molar-refractivity contribution < 1.29 is 4.79 Å². The van der Waals surface area contributed by atoms with Crippen LogP contribution in [0.1, 0.15) is 40.2 Å². The molecule has 0 saturated carbocycles. The summed E-state index contributed by atoms with van der Waals surface area (Å²) in [6, 6.07) is 7.60. The van der Waals surface area contributed by atoms with E-state index in [-0.39, 0.29) is 5.91 Å². The number of aryl methyl sites for hydroxylation is 2. The van der Waals surface area contributed by atoms with E-state index >= 15 is 0 Å². The van der Waals surface area contributed by atoms with Crippen LogP contribution in [-0.2, 0) is 12.8 Å². The SMILES string of the molecule is CN(C)c1ccc(C(=O)Nc2nc3c(s2)CCCCC3)cc1. The van der Waals surface area contributed by atoms with Gasteiger partial charge in [-0.15, -0.1) is 11.3 Å². The van der Waals surface area contributed by atoms with Crippen molar-refractivity contribution in [3.05, 3.63) is 40.4 Å². The number of nitrogens with zero attached hydrogens (tertiary/aromatic N) is 2. The van der Waals surface area contributed by atoms with Gasteiger partial charge in [-0.2, -0.15) is 0 Å². The molecule has 5 heteroatoms. The van der Waals surface area contributed by atoms with Crippen LogP contribution in [0.25, 0.3) is 0 Å². The van der Waals surface area contributed by atoms with E-state index in [1.807, 2.05) is 43.3 Å². The molecule has 0 atom stereocenters. The fourth-order valence-corrected chi connectivity index (χ4v) is 3.71. The van der Waals surface area contributed by atoms with Gasteiger partial charge in [0.2, 0.25) is 0 Å². The quantitative estimate of drug-likeness (QED) is 0.878. The van der Waals surface area contributed by atoms with Crippen LogP contribution in [0.3, 0.4) is 0 Å². The maximum atomic E-state index is 12.3. The first-order valence-corrected chi connectivity index (χ1v) is 8.52. The molecule has 1 aromatic carbocycles. The largest absolute Gasteiger partial charge is 0.378 e. The van der Waals surface area contributed by atoms with Gasteiger partial charge in [-0.25, -0.2) is 4.98 Å². The van der Waals surface area contributed by atoms with E-state index in [0.29, 0.717) is 5.56 Å². The third-order valence-electron chi connectivity index (χ3n) is 3.96. The van der Waals surface area contributed by atoms with Crippen molar-refractivity contribution in [2.75, 3.05) is 24.3 Å². The van der Waals surface area contributed by atoms with Gasteiger partial charge < -0.3 is 4.90 Å². The predicted octanol–water partition coefficient (Wildman–Crippen LogP) is 3.73. The number of carbonyl (C=O) groups is 1. The maximum Gasteiger partial charge on any atom is 0.257 e. The van der Waals surface area contributed by atoms with E-state index in [0.717, 1.165) is 23.7 Å². The van der Waals surface area contributed by atoms with Gasteiger partial charge in [0.1, 0.15) is 0 Å². The molecule has 0 unspecified atom stereocenters. The van der Waals surface area contributed by atoms with E-state index in [2.05, 4.69) is 10.3 Å². The Bertz CT molecular complexity index is 638. The minimum Gasteiger partial charge on any atom is -0.378 e. The van der Waals surface area contributed by atoms with Gasteiger partial charge >= 0.3 is 0 Å². The molecule has 1 N–H and O–H groups in total. The molecule has 1 aliphatic carbocycles. The van der Waals surface area contributed by atoms with Crippen molar-refractivity contribution in [2.45, 2.75) is 32.1 Å². The predicted molar refractivity (Wildman–Crippen MR) is 92.1 cm³/mol. The van der Waals surface area contributed by atoms with Gasteiger partial charge in [-0.3, -0.25) is 10.1 Å². The van der Waals surface area contributed by atoms with Crippen LogP contribution < -0.4 is 10.2 Å². The van der Waals surface area contributed by atoms with E-state index in [1.54, 1.807) is 11.3 Å². The average molecular weight is 315 g/mol. The number of thiazole rings is 1. The lowest BCUT2D eigenvalue weighted by Crippen LogP contribution is -2.13. The number of amides is 1. The molecule has 0 bridgehead atoms. The van der Waals surface area contributed by atoms with Gasteiger partial charge in [0, 0.05) is 30.2 Å². The van der Waals surface area contributed by atoms with Crippen LogP contribution in [0.2, 0.25) is 0 Å². The Balaban J connectivity index is 1.71. The van der Waals surface area contributed by atoms with Crippen LogP contribution in [0.15, 0.2) is 24.3 Å². The van der Waals surface area contributed by atoms with Gasteiger partial charge in [0.05, 0.1) is 5.69 Å². The summed E-state index contributed by atoms with van der Waals surface area (Å²) in [5.41, 5.74) is 2.93. The zero-order valence-electron chi connectivity index (χ0n) is 13.1. The second kappa shape index (κ2) is 6.48. The van der Waals surface area contributed by atoms with Crippen LogP contribution in [0.4, 0.5) is 10.8 Å². The lowest BCUT2D eigenvalue weighted by molar-refractivity contribution is 0.102. The number of nitrogens with one attached hydrogen (secondary N) is 1. The minimum absolute atomic E-state index is 0.0887. The number of anilines is 2. The molecule has 1 aromatic heterocycles. The van der Waals surface area contributed by atoms with Gasteiger partial charge in [0.25, 0.3) is 5.91 Å². The third-order valence-corrected chi connectivity index (χ3v) is 5.03. The van der Waals surface area contributed by atoms with Crippen molar-refractivity contribution >= 4 is 28.1 Å². The summed E-state index contributed by atoms with van der Waals surface area (Å²) in [4.78, 5) is 20.3. The molecule has 1 heterocycles. The van der Waals surface area contributed by atoms with E-state index in [4.69, 9.17) is 0 Å². The number of carbonyl (C=O) groups excluding carboxylic acids is 1. The van der Waals surface area contributed by atoms with Crippen LogP contribution in [0.5, 0.6) is 0 Å². The highest BCUT2D eigenvalue weighted by Crippen LogP contribution is 2.29. The second-order valence-corrected chi connectivity index (χ2v) is 6.93. The van der Waals surface area contributed by atoms with Crippen molar-refractivity contribution in [1.29, 1.82) is 0 Å². The molecule has 0 aliphatic heterocycles. The fraction of sp³-hybridized carbons (Fsp3) is 0.412. The highest BCUT2D eigenvalue weighted by Gasteiger charge is 2.16. The molecule has 2 aromatic rings. The van der Waals surface area contributed by atoms with Crippen molar-refractivity contribution in [1.82, 2.24) is 4.98 Å². The minimum atomic E-state index is -0.0887. The monoisotopic (exact) mass is 315 g/mol. The summed E-state index contributed by atoms with van der Waals surface area (Å²) in [5, 5.41) is 3.67. The van der Waals surface area contributed by atoms with E-state index in [1.165, 1.54) is 29.8 Å². The summed E-state index contributed by atoms with van der Waals surface area (Å²) in [7, 11) is 3.97. The number of hydrogen-bond acceptors (Lipinski definition) is 4. The summed E-state index contributed by atoms with van der Waals surface area (Å²) >= 11 is 1.63. The standard InChI is InChI=1S/C17H21N3OS/c1-20(2)13-10-8-12(9-11-13)16(21)19-17-18-14-6-4-3-5-7-15(14)22-17/h8-11H,3-7H2,1-2H3,(H,18,19,21). The molecule has 1 aliphatic rings. The fourth-order valence-electron chi connectivity index (χ4n) is 2.66. The lowest BCUT2D eigenvalue weighted by atomic mass is 10.2. The van der Waals surface area contributed by atoms with Gasteiger partial charge in [-0.1, -0.05) is 6.42 Å². The molecule has 0 saturated heterocycles. The normalized spacial score (nSPS) is 14.1. The number of rotatable bonds is 3. The molecule has 4 nitrogen and oxygen atoms in total. The number of hydrogen-bond donors (Lipinski definition) is 1. The molecule has 3 rings (SSSR count). The molecule has 0 radical (unpaired) electrons. The van der Waals surface area contributed by atoms with Crippen LogP contribution in [-0.4, -0.2) is 25.0 Å². The molecular formula is C17H21N3OS. The Morgan fingerprint density at radius 2 is 1.86 bits per heavy atom. The maximum absolute atomic E-state index is 12.3. The topological polar surface area (TPSA) is 45.2 Å². The molecular weight excluding hydrogens is 294 g/mol. The van der Waals surface area contributed by atoms with Crippen LogP contribution in [0, 0.1) is 0 Å². The molecule has 22 heavy (non-hydrogen) atoms. The third kappa shape index (κ3) is 3.30. The van der Waals surface area contributed by atoms with Crippen LogP contribution >= 0.6 is 11.3 Å². The molecule has 116 valence electrons. The highest BCUT2D eigenvalue weighted by atomic mass is 32.1. The molecule has 1 amide bonds. The van der Waals surface area contributed by atoms with Gasteiger partial charge in [0.15, 0.2) is 5.13 Å². The Kier molecular flexibility index (Phi) is 4.43. The lowest BCUT2D eigenvalue weighted by Gasteiger charge is -2.12. The summed E-state index contributed by atoms with van der Waals surface area (Å²) < 4.78 is 0. The number of aromatic nitrogens is 1. The first-order valence-electron chi connectivity index (χ1n) is 7.71. The first-order chi connectivity index (χ1) is 10.6. The number of benzene rings is 1. The zero-order chi connectivity index (χ0) is 15.5. The molecule has 0 spiro atoms. The van der Waals surface area contributed by atoms with E-state index < -0.39 is 0 Å². The smallest absolute Gasteiger partial charge is 0.257 e. The Labute approximate surface area is 135 Å². The van der Waals surface area contributed by atoms with Gasteiger partial charge in [-0.05, 0) is 49.9 Å². The summed E-state index contributed by atoms with van der Waals surface area (Å²) in [5.74, 6) is -0.0887. The zero-order valence-corrected chi connectivity index (χ0v) is 13.9. The van der Waals surface area contributed by atoms with Crippen molar-refractivity contribution in [2.24, 2.45) is 0 Å². The van der Waals surface area contributed by atoms with Crippen molar-refractivity contribution in [3.8, 4) is 0 Å². The van der Waals surface area contributed by atoms with Crippen molar-refractivity contribution in [3.63, 3.8) is 0 Å². The highest BCUT2D eigenvalue weighted by molar-refractivity contribution is 7.15. The average Bonchev–Trinajstić information content (AvgIpc) is 2.76. The first kappa shape index (κ1) is 15.0. The summed E-state index contributed by atoms with van der Waals surface area (Å²) in [6.45, 7) is 0. The Hall–Kier alpha value is -1.88. The molecule has 0 fully saturated rings.